The molecule has 0 aliphatic carbocycles. The molecular formula is C14H17NO. The Kier molecular flexibility index (Phi) is 3.42. The van der Waals surface area contributed by atoms with Gasteiger partial charge in [-0.2, -0.15) is 0 Å². The van der Waals surface area contributed by atoms with Crippen molar-refractivity contribution in [1.82, 2.24) is 5.32 Å². The van der Waals surface area contributed by atoms with E-state index in [0.29, 0.717) is 6.04 Å². The van der Waals surface area contributed by atoms with Crippen LogP contribution in [0.25, 0.3) is 0 Å². The molecule has 0 aliphatic rings. The molecule has 1 aromatic carbocycles. The molecule has 0 fully saturated rings. The van der Waals surface area contributed by atoms with E-state index in [4.69, 9.17) is 4.42 Å². The van der Waals surface area contributed by atoms with Crippen molar-refractivity contribution in [3.8, 4) is 0 Å². The predicted molar refractivity (Wildman–Crippen MR) is 65.1 cm³/mol. The van der Waals surface area contributed by atoms with Crippen LogP contribution in [0.15, 0.2) is 47.3 Å². The third-order valence-corrected chi connectivity index (χ3v) is 2.85. The molecule has 1 heterocycles. The molecule has 16 heavy (non-hydrogen) atoms. The molecule has 1 atom stereocenters. The van der Waals surface area contributed by atoms with Crippen molar-refractivity contribution in [3.63, 3.8) is 0 Å². The van der Waals surface area contributed by atoms with Crippen molar-refractivity contribution in [2.24, 2.45) is 0 Å². The Hall–Kier alpha value is -1.54. The summed E-state index contributed by atoms with van der Waals surface area (Å²) in [5.74, 6) is 0. The van der Waals surface area contributed by atoms with Gasteiger partial charge in [0.25, 0.3) is 0 Å². The van der Waals surface area contributed by atoms with Gasteiger partial charge in [-0.25, -0.2) is 0 Å². The lowest BCUT2D eigenvalue weighted by molar-refractivity contribution is 0.546. The van der Waals surface area contributed by atoms with Crippen molar-refractivity contribution in [3.05, 3.63) is 59.5 Å². The summed E-state index contributed by atoms with van der Waals surface area (Å²) in [5.41, 5.74) is 3.86. The van der Waals surface area contributed by atoms with Gasteiger partial charge in [0, 0.05) is 18.2 Å². The van der Waals surface area contributed by atoms with Crippen LogP contribution in [0.2, 0.25) is 0 Å². The van der Waals surface area contributed by atoms with E-state index in [1.165, 1.54) is 16.7 Å². The molecule has 2 rings (SSSR count). The molecule has 2 aromatic rings. The SMILES string of the molecule is Cc1ccccc1[C@H](C)NCc1ccoc1. The second-order valence-corrected chi connectivity index (χ2v) is 4.09. The van der Waals surface area contributed by atoms with Gasteiger partial charge < -0.3 is 9.73 Å². The number of nitrogens with one attached hydrogen (secondary N) is 1. The first kappa shape index (κ1) is 11.0. The van der Waals surface area contributed by atoms with E-state index in [9.17, 15) is 0 Å². The van der Waals surface area contributed by atoms with E-state index in [-0.39, 0.29) is 0 Å². The van der Waals surface area contributed by atoms with Gasteiger partial charge in [0.15, 0.2) is 0 Å². The van der Waals surface area contributed by atoms with Crippen LogP contribution in [0.5, 0.6) is 0 Å². The van der Waals surface area contributed by atoms with Crippen molar-refractivity contribution in [2.45, 2.75) is 26.4 Å². The summed E-state index contributed by atoms with van der Waals surface area (Å²) in [6.45, 7) is 5.17. The van der Waals surface area contributed by atoms with E-state index in [1.54, 1.807) is 12.5 Å². The topological polar surface area (TPSA) is 25.2 Å². The van der Waals surface area contributed by atoms with E-state index >= 15 is 0 Å². The van der Waals surface area contributed by atoms with Gasteiger partial charge in [-0.05, 0) is 31.0 Å². The average molecular weight is 215 g/mol. The fourth-order valence-corrected chi connectivity index (χ4v) is 1.85. The van der Waals surface area contributed by atoms with Gasteiger partial charge in [-0.1, -0.05) is 24.3 Å². The lowest BCUT2D eigenvalue weighted by Gasteiger charge is -2.15. The van der Waals surface area contributed by atoms with Crippen molar-refractivity contribution >= 4 is 0 Å². The third-order valence-electron chi connectivity index (χ3n) is 2.85. The molecule has 2 nitrogen and oxygen atoms in total. The van der Waals surface area contributed by atoms with Crippen LogP contribution >= 0.6 is 0 Å². The Morgan fingerprint density at radius 3 is 2.75 bits per heavy atom. The summed E-state index contributed by atoms with van der Waals surface area (Å²) in [6.07, 6.45) is 3.48. The van der Waals surface area contributed by atoms with Gasteiger partial charge in [0.2, 0.25) is 0 Å². The Labute approximate surface area is 96.3 Å². The minimum absolute atomic E-state index is 0.357. The molecular weight excluding hydrogens is 198 g/mol. The molecule has 2 heteroatoms. The molecule has 0 unspecified atom stereocenters. The van der Waals surface area contributed by atoms with E-state index < -0.39 is 0 Å². The lowest BCUT2D eigenvalue weighted by Crippen LogP contribution is -2.18. The zero-order valence-electron chi connectivity index (χ0n) is 9.73. The van der Waals surface area contributed by atoms with Crippen LogP contribution in [0.3, 0.4) is 0 Å². The first-order valence-corrected chi connectivity index (χ1v) is 5.57. The fourth-order valence-electron chi connectivity index (χ4n) is 1.85. The van der Waals surface area contributed by atoms with Crippen LogP contribution in [0.4, 0.5) is 0 Å². The molecule has 0 bridgehead atoms. The van der Waals surface area contributed by atoms with Gasteiger partial charge in [0.05, 0.1) is 12.5 Å². The summed E-state index contributed by atoms with van der Waals surface area (Å²) in [7, 11) is 0. The van der Waals surface area contributed by atoms with Gasteiger partial charge >= 0.3 is 0 Å². The van der Waals surface area contributed by atoms with E-state index in [1.807, 2.05) is 6.07 Å². The predicted octanol–water partition coefficient (Wildman–Crippen LogP) is 3.44. The van der Waals surface area contributed by atoms with Gasteiger partial charge in [-0.3, -0.25) is 0 Å². The Balaban J connectivity index is 1.98. The first-order valence-electron chi connectivity index (χ1n) is 5.57. The minimum atomic E-state index is 0.357. The van der Waals surface area contributed by atoms with Crippen LogP contribution < -0.4 is 5.32 Å². The standard InChI is InChI=1S/C14H17NO/c1-11-5-3-4-6-14(11)12(2)15-9-13-7-8-16-10-13/h3-8,10,12,15H,9H2,1-2H3/t12-/m0/s1. The third kappa shape index (κ3) is 2.52. The normalized spacial score (nSPS) is 12.6. The monoisotopic (exact) mass is 215 g/mol. The molecule has 1 N–H and O–H groups in total. The molecule has 1 aromatic heterocycles. The number of hydrogen-bond acceptors (Lipinski definition) is 2. The lowest BCUT2D eigenvalue weighted by atomic mass is 10.0. The maximum absolute atomic E-state index is 5.04. The second-order valence-electron chi connectivity index (χ2n) is 4.09. The molecule has 0 aliphatic heterocycles. The highest BCUT2D eigenvalue weighted by atomic mass is 16.3. The molecule has 0 amide bonds. The summed E-state index contributed by atoms with van der Waals surface area (Å²) < 4.78 is 5.04. The van der Waals surface area contributed by atoms with Crippen LogP contribution in [0.1, 0.15) is 29.7 Å². The minimum Gasteiger partial charge on any atom is -0.472 e. The zero-order valence-corrected chi connectivity index (χ0v) is 9.73. The maximum atomic E-state index is 5.04. The van der Waals surface area contributed by atoms with Crippen LogP contribution in [0, 0.1) is 6.92 Å². The summed E-state index contributed by atoms with van der Waals surface area (Å²) >= 11 is 0. The Morgan fingerprint density at radius 2 is 2.06 bits per heavy atom. The van der Waals surface area contributed by atoms with Crippen molar-refractivity contribution < 1.29 is 4.42 Å². The van der Waals surface area contributed by atoms with Crippen molar-refractivity contribution in [2.75, 3.05) is 0 Å². The van der Waals surface area contributed by atoms with E-state index in [2.05, 4.69) is 43.4 Å². The van der Waals surface area contributed by atoms with Crippen LogP contribution in [-0.4, -0.2) is 0 Å². The fraction of sp³-hybridized carbons (Fsp3) is 0.286. The smallest absolute Gasteiger partial charge is 0.0947 e. The summed E-state index contributed by atoms with van der Waals surface area (Å²) in [6, 6.07) is 10.8. The first-order chi connectivity index (χ1) is 7.77. The second kappa shape index (κ2) is 4.99. The zero-order chi connectivity index (χ0) is 11.4. The number of rotatable bonds is 4. The Morgan fingerprint density at radius 1 is 1.25 bits per heavy atom. The summed E-state index contributed by atoms with van der Waals surface area (Å²) in [4.78, 5) is 0. The quantitative estimate of drug-likeness (QED) is 0.845. The summed E-state index contributed by atoms with van der Waals surface area (Å²) in [5, 5.41) is 3.48. The highest BCUT2D eigenvalue weighted by molar-refractivity contribution is 5.28. The number of hydrogen-bond donors (Lipinski definition) is 1. The number of furan rings is 1. The van der Waals surface area contributed by atoms with Gasteiger partial charge in [0.1, 0.15) is 0 Å². The highest BCUT2D eigenvalue weighted by Crippen LogP contribution is 2.17. The van der Waals surface area contributed by atoms with Crippen molar-refractivity contribution in [1.29, 1.82) is 0 Å². The molecule has 0 spiro atoms. The number of benzene rings is 1. The average Bonchev–Trinajstić information content (AvgIpc) is 2.79. The molecule has 0 saturated carbocycles. The Bertz CT molecular complexity index is 434. The van der Waals surface area contributed by atoms with Crippen LogP contribution in [-0.2, 0) is 6.54 Å². The van der Waals surface area contributed by atoms with E-state index in [0.717, 1.165) is 6.54 Å². The van der Waals surface area contributed by atoms with Gasteiger partial charge in [-0.15, -0.1) is 0 Å². The molecule has 0 saturated heterocycles. The maximum Gasteiger partial charge on any atom is 0.0947 e. The highest BCUT2D eigenvalue weighted by Gasteiger charge is 2.06. The molecule has 84 valence electrons. The molecule has 0 radical (unpaired) electrons. The number of aryl methyl sites for hydroxylation is 1. The largest absolute Gasteiger partial charge is 0.472 e.